The molecular formula is C14H18ClF3N2O2. The minimum absolute atomic E-state index is 0. The molecule has 2 unspecified atom stereocenters. The van der Waals surface area contributed by atoms with Crippen LogP contribution in [0.5, 0.6) is 5.75 Å². The molecule has 22 heavy (non-hydrogen) atoms. The third-order valence-electron chi connectivity index (χ3n) is 3.33. The Labute approximate surface area is 132 Å². The highest BCUT2D eigenvalue weighted by Gasteiger charge is 2.31. The second-order valence-electron chi connectivity index (χ2n) is 5.00. The van der Waals surface area contributed by atoms with Gasteiger partial charge in [-0.2, -0.15) is 0 Å². The van der Waals surface area contributed by atoms with Crippen LogP contribution in [0, 0.1) is 0 Å². The van der Waals surface area contributed by atoms with Crippen molar-refractivity contribution in [2.24, 2.45) is 0 Å². The molecule has 1 aliphatic heterocycles. The molecule has 1 aromatic rings. The Morgan fingerprint density at radius 2 is 2.18 bits per heavy atom. The molecule has 0 saturated carbocycles. The number of carbonyl (C=O) groups is 1. The minimum Gasteiger partial charge on any atom is -0.406 e. The zero-order valence-corrected chi connectivity index (χ0v) is 12.8. The number of nitrogens with one attached hydrogen (secondary N) is 2. The lowest BCUT2D eigenvalue weighted by Gasteiger charge is -2.18. The van der Waals surface area contributed by atoms with Gasteiger partial charge >= 0.3 is 6.36 Å². The van der Waals surface area contributed by atoms with Crippen LogP contribution in [-0.4, -0.2) is 24.9 Å². The molecule has 1 amide bonds. The summed E-state index contributed by atoms with van der Waals surface area (Å²) in [4.78, 5) is 12.0. The maximum atomic E-state index is 12.2. The molecule has 1 aromatic carbocycles. The molecule has 0 aromatic heterocycles. The highest BCUT2D eigenvalue weighted by atomic mass is 35.5. The second-order valence-corrected chi connectivity index (χ2v) is 5.00. The summed E-state index contributed by atoms with van der Waals surface area (Å²) in [7, 11) is 0. The molecule has 4 nitrogen and oxygen atoms in total. The van der Waals surface area contributed by atoms with Crippen molar-refractivity contribution in [2.45, 2.75) is 38.2 Å². The summed E-state index contributed by atoms with van der Waals surface area (Å²) in [6.07, 6.45) is -3.00. The lowest BCUT2D eigenvalue weighted by molar-refractivity contribution is -0.274. The molecular weight excluding hydrogens is 321 g/mol. The van der Waals surface area contributed by atoms with Crippen molar-refractivity contribution in [1.82, 2.24) is 10.6 Å². The van der Waals surface area contributed by atoms with Crippen molar-refractivity contribution in [3.05, 3.63) is 29.8 Å². The maximum absolute atomic E-state index is 12.2. The van der Waals surface area contributed by atoms with Gasteiger partial charge in [0.15, 0.2) is 0 Å². The predicted molar refractivity (Wildman–Crippen MR) is 78.0 cm³/mol. The number of halogens is 4. The van der Waals surface area contributed by atoms with Gasteiger partial charge < -0.3 is 15.4 Å². The van der Waals surface area contributed by atoms with Crippen molar-refractivity contribution in [1.29, 1.82) is 0 Å². The zero-order valence-electron chi connectivity index (χ0n) is 11.9. The fourth-order valence-corrected chi connectivity index (χ4v) is 2.29. The summed E-state index contributed by atoms with van der Waals surface area (Å²) >= 11 is 0. The first kappa shape index (κ1) is 18.6. The van der Waals surface area contributed by atoms with Crippen LogP contribution >= 0.6 is 12.4 Å². The predicted octanol–water partition coefficient (Wildman–Crippen LogP) is 2.94. The van der Waals surface area contributed by atoms with Crippen LogP contribution in [-0.2, 0) is 4.79 Å². The van der Waals surface area contributed by atoms with Gasteiger partial charge in [-0.1, -0.05) is 12.1 Å². The zero-order chi connectivity index (χ0) is 15.5. The summed E-state index contributed by atoms with van der Waals surface area (Å²) < 4.78 is 40.4. The summed E-state index contributed by atoms with van der Waals surface area (Å²) in [5.74, 6) is -0.428. The molecule has 0 aliphatic carbocycles. The third kappa shape index (κ3) is 5.38. The number of alkyl halides is 3. The fourth-order valence-electron chi connectivity index (χ4n) is 2.29. The van der Waals surface area contributed by atoms with Gasteiger partial charge in [0.1, 0.15) is 5.75 Å². The normalized spacial score (nSPS) is 19.2. The molecule has 2 N–H and O–H groups in total. The van der Waals surface area contributed by atoms with E-state index in [0.29, 0.717) is 5.56 Å². The molecule has 1 aliphatic rings. The fraction of sp³-hybridized carbons (Fsp3) is 0.500. The first-order valence-corrected chi connectivity index (χ1v) is 6.74. The van der Waals surface area contributed by atoms with Crippen molar-refractivity contribution in [3.8, 4) is 5.75 Å². The van der Waals surface area contributed by atoms with E-state index in [-0.39, 0.29) is 30.1 Å². The van der Waals surface area contributed by atoms with Crippen LogP contribution in [0.2, 0.25) is 0 Å². The number of hydrogen-bond acceptors (Lipinski definition) is 3. The quantitative estimate of drug-likeness (QED) is 0.887. The number of ether oxygens (including phenoxy) is 1. The van der Waals surface area contributed by atoms with E-state index in [1.807, 2.05) is 0 Å². The Bertz CT molecular complexity index is 505. The van der Waals surface area contributed by atoms with Crippen molar-refractivity contribution in [2.75, 3.05) is 6.54 Å². The van der Waals surface area contributed by atoms with Crippen LogP contribution in [0.25, 0.3) is 0 Å². The summed E-state index contributed by atoms with van der Waals surface area (Å²) in [6.45, 7) is 2.53. The van der Waals surface area contributed by atoms with Crippen molar-refractivity contribution >= 4 is 18.3 Å². The van der Waals surface area contributed by atoms with Gasteiger partial charge in [-0.15, -0.1) is 25.6 Å². The van der Waals surface area contributed by atoms with E-state index in [9.17, 15) is 18.0 Å². The molecule has 1 heterocycles. The average Bonchev–Trinajstić information content (AvgIpc) is 2.90. The topological polar surface area (TPSA) is 50.4 Å². The number of rotatable bonds is 4. The van der Waals surface area contributed by atoms with Gasteiger partial charge in [0.05, 0.1) is 12.1 Å². The van der Waals surface area contributed by atoms with Crippen LogP contribution in [0.4, 0.5) is 13.2 Å². The molecule has 0 spiro atoms. The van der Waals surface area contributed by atoms with Crippen molar-refractivity contribution < 1.29 is 22.7 Å². The molecule has 2 rings (SSSR count). The maximum Gasteiger partial charge on any atom is 0.573 e. The standard InChI is InChI=1S/C14H17F3N2O2.ClH/c1-9(19-13(20)12-6-3-7-18-12)10-4-2-5-11(8-10)21-14(15,16)17;/h2,4-5,8-9,12,18H,3,6-7H2,1H3,(H,19,20);1H. The first-order chi connectivity index (χ1) is 9.85. The van der Waals surface area contributed by atoms with E-state index >= 15 is 0 Å². The smallest absolute Gasteiger partial charge is 0.406 e. The molecule has 0 bridgehead atoms. The highest BCUT2D eigenvalue weighted by Crippen LogP contribution is 2.25. The average molecular weight is 339 g/mol. The largest absolute Gasteiger partial charge is 0.573 e. The molecule has 2 atom stereocenters. The lowest BCUT2D eigenvalue weighted by atomic mass is 10.1. The summed E-state index contributed by atoms with van der Waals surface area (Å²) in [5.41, 5.74) is 0.558. The Kier molecular flexibility index (Phi) is 6.49. The van der Waals surface area contributed by atoms with Crippen LogP contribution in [0.1, 0.15) is 31.4 Å². The minimum atomic E-state index is -4.72. The number of amides is 1. The van der Waals surface area contributed by atoms with Gasteiger partial charge in [0, 0.05) is 0 Å². The van der Waals surface area contributed by atoms with Crippen LogP contribution in [0.3, 0.4) is 0 Å². The van der Waals surface area contributed by atoms with Crippen molar-refractivity contribution in [3.63, 3.8) is 0 Å². The Morgan fingerprint density at radius 3 is 2.77 bits per heavy atom. The van der Waals surface area contributed by atoms with Gasteiger partial charge in [-0.25, -0.2) is 0 Å². The van der Waals surface area contributed by atoms with E-state index in [1.165, 1.54) is 18.2 Å². The number of carbonyl (C=O) groups excluding carboxylic acids is 1. The molecule has 124 valence electrons. The van der Waals surface area contributed by atoms with Gasteiger partial charge in [0.2, 0.25) is 5.91 Å². The third-order valence-corrected chi connectivity index (χ3v) is 3.33. The highest BCUT2D eigenvalue weighted by molar-refractivity contribution is 5.85. The lowest BCUT2D eigenvalue weighted by Crippen LogP contribution is -2.41. The Morgan fingerprint density at radius 1 is 1.45 bits per heavy atom. The van der Waals surface area contributed by atoms with Gasteiger partial charge in [0.25, 0.3) is 0 Å². The van der Waals surface area contributed by atoms with E-state index in [2.05, 4.69) is 15.4 Å². The van der Waals surface area contributed by atoms with E-state index in [0.717, 1.165) is 19.4 Å². The summed E-state index contributed by atoms with van der Waals surface area (Å²) in [5, 5.41) is 5.86. The van der Waals surface area contributed by atoms with Crippen LogP contribution in [0.15, 0.2) is 24.3 Å². The molecule has 0 radical (unpaired) electrons. The van der Waals surface area contributed by atoms with Gasteiger partial charge in [-0.3, -0.25) is 4.79 Å². The number of benzene rings is 1. The Hall–Kier alpha value is -1.47. The molecule has 8 heteroatoms. The van der Waals surface area contributed by atoms with E-state index in [4.69, 9.17) is 0 Å². The summed E-state index contributed by atoms with van der Waals surface area (Å²) in [6, 6.07) is 5.01. The number of hydrogen-bond donors (Lipinski definition) is 2. The Balaban J connectivity index is 0.00000242. The monoisotopic (exact) mass is 338 g/mol. The first-order valence-electron chi connectivity index (χ1n) is 6.74. The van der Waals surface area contributed by atoms with E-state index < -0.39 is 12.4 Å². The van der Waals surface area contributed by atoms with Gasteiger partial charge in [-0.05, 0) is 44.0 Å². The second kappa shape index (κ2) is 7.69. The molecule has 1 saturated heterocycles. The van der Waals surface area contributed by atoms with Crippen LogP contribution < -0.4 is 15.4 Å². The SMILES string of the molecule is CC(NC(=O)C1CCCN1)c1cccc(OC(F)(F)F)c1.Cl. The molecule has 1 fully saturated rings. The van der Waals surface area contributed by atoms with E-state index in [1.54, 1.807) is 13.0 Å².